The van der Waals surface area contributed by atoms with Crippen molar-refractivity contribution in [3.63, 3.8) is 0 Å². The molecule has 0 rings (SSSR count). The van der Waals surface area contributed by atoms with Gasteiger partial charge in [0.1, 0.15) is 0 Å². The number of hydrogen-bond donors (Lipinski definition) is 0. The average molecular weight is 510 g/mol. The van der Waals surface area contributed by atoms with Crippen LogP contribution in [0, 0.1) is 0 Å². The Bertz CT molecular complexity index is 6.85. The zero-order valence-corrected chi connectivity index (χ0v) is 18.3. The Hall–Kier alpha value is 5.06. The van der Waals surface area contributed by atoms with Gasteiger partial charge in [0.25, 0.3) is 0 Å². The minimum Gasteiger partial charge on any atom is -1.00 e. The summed E-state index contributed by atoms with van der Waals surface area (Å²) in [5.74, 6) is 0. The molecule has 5 heavy (non-hydrogen) atoms. The molecule has 0 spiro atoms. The molecule has 0 saturated heterocycles. The maximum Gasteiger partial charge on any atom is 2.00 e. The maximum absolute atomic E-state index is 0. The molecule has 0 fully saturated rings. The largest absolute Gasteiger partial charge is 2.00 e. The number of halogens is 3. The topological polar surface area (TPSA) is 0 Å². The van der Waals surface area contributed by atoms with Crippen LogP contribution in [0.15, 0.2) is 0 Å². The third kappa shape index (κ3) is 17.6. The molecule has 0 aliphatic carbocycles. The number of hydrogen-bond acceptors (Lipinski definition) is 0. The van der Waals surface area contributed by atoms with Gasteiger partial charge in [0, 0.05) is 0 Å². The van der Waals surface area contributed by atoms with E-state index in [-0.39, 0.29) is 169 Å². The quantitative estimate of drug-likeness (QED) is 0.285. The molecule has 0 unspecified atom stereocenters. The molecule has 0 amide bonds. The van der Waals surface area contributed by atoms with Crippen molar-refractivity contribution in [2.24, 2.45) is 0 Å². The zero-order valence-electron chi connectivity index (χ0n) is 2.84. The van der Waals surface area contributed by atoms with Gasteiger partial charge in [-0.1, -0.05) is 0 Å². The predicted octanol–water partition coefficient (Wildman–Crippen LogP) is -12.4. The van der Waals surface area contributed by atoms with Crippen molar-refractivity contribution in [1.29, 1.82) is 0 Å². The van der Waals surface area contributed by atoms with Gasteiger partial charge in [0.2, 0.25) is 0 Å². The molecule has 0 aliphatic heterocycles. The molecule has 0 aromatic carbocycles. The minimum atomic E-state index is 0. The Labute approximate surface area is 163 Å². The van der Waals surface area contributed by atoms with Crippen molar-refractivity contribution in [2.75, 3.05) is 0 Å². The summed E-state index contributed by atoms with van der Waals surface area (Å²) in [6, 6.07) is 0. The fourth-order valence-electron chi connectivity index (χ4n) is 0. The minimum absolute atomic E-state index is 0. The van der Waals surface area contributed by atoms with E-state index in [0.29, 0.717) is 0 Å². The van der Waals surface area contributed by atoms with Gasteiger partial charge in [-0.05, 0) is 0 Å². The molecule has 0 nitrogen and oxygen atoms in total. The molecule has 0 aromatic rings. The fraction of sp³-hybridized carbons (Fsp3) is 0. The van der Waals surface area contributed by atoms with E-state index in [9.17, 15) is 0 Å². The maximum atomic E-state index is 0. The molecular weight excluding hydrogens is 510 g/mol. The van der Waals surface area contributed by atoms with E-state index in [4.69, 9.17) is 0 Å². The Kier molecular flexibility index (Phi) is 148. The van der Waals surface area contributed by atoms with Crippen LogP contribution >= 0.6 is 0 Å². The van der Waals surface area contributed by atoms with Gasteiger partial charge < -0.3 is 50.9 Å². The first-order valence-electron chi connectivity index (χ1n) is 0. The van der Waals surface area contributed by atoms with E-state index in [2.05, 4.69) is 0 Å². The molecule has 0 heterocycles. The van der Waals surface area contributed by atoms with Crippen molar-refractivity contribution in [2.45, 2.75) is 0 Å². The zero-order chi connectivity index (χ0) is 0. The van der Waals surface area contributed by atoms with E-state index in [1.165, 1.54) is 0 Å². The second kappa shape index (κ2) is 23.0. The molecule has 0 atom stereocenters. The van der Waals surface area contributed by atoms with E-state index < -0.39 is 0 Å². The third-order valence-electron chi connectivity index (χ3n) is 0. The Morgan fingerprint density at radius 3 is 0.600 bits per heavy atom. The van der Waals surface area contributed by atoms with Crippen LogP contribution in [-0.4, -0.2) is 48.9 Å². The third-order valence-corrected chi connectivity index (χ3v) is 0. The molecule has 5 heteroatoms. The van der Waals surface area contributed by atoms with E-state index in [1.807, 2.05) is 0 Å². The summed E-state index contributed by atoms with van der Waals surface area (Å²) in [6.07, 6.45) is 0. The first-order chi connectivity index (χ1) is 0. The summed E-state index contributed by atoms with van der Waals surface area (Å²) in [6.45, 7) is 0. The van der Waals surface area contributed by atoms with Crippen LogP contribution in [0.25, 0.3) is 0 Å². The van der Waals surface area contributed by atoms with Crippen LogP contribution in [0.4, 0.5) is 0 Å². The first-order valence-corrected chi connectivity index (χ1v) is 0. The van der Waals surface area contributed by atoms with Gasteiger partial charge in [0.05, 0.1) is 0 Å². The summed E-state index contributed by atoms with van der Waals surface area (Å²) in [5, 5.41) is 0. The molecule has 0 bridgehead atoms. The molecule has 0 aliphatic rings. The van der Waals surface area contributed by atoms with Crippen LogP contribution in [-0.2, 0) is 0 Å². The normalized spacial score (nSPS) is 0. The molecular formula is BaBr3Cs. The Balaban J connectivity index is 0. The Morgan fingerprint density at radius 1 is 0.600 bits per heavy atom. The van der Waals surface area contributed by atoms with Crippen LogP contribution in [0.5, 0.6) is 0 Å². The van der Waals surface area contributed by atoms with Crippen LogP contribution in [0.2, 0.25) is 0 Å². The van der Waals surface area contributed by atoms with Crippen LogP contribution < -0.4 is 120 Å². The van der Waals surface area contributed by atoms with Crippen LogP contribution in [0.1, 0.15) is 0 Å². The standard InChI is InChI=1S/Ba.3BrH.Cs/h;3*1H;/q+2;;;;+1/p-3. The second-order valence-corrected chi connectivity index (χ2v) is 0. The summed E-state index contributed by atoms with van der Waals surface area (Å²) < 4.78 is 0. The van der Waals surface area contributed by atoms with Crippen molar-refractivity contribution in [3.8, 4) is 0 Å². The van der Waals surface area contributed by atoms with Crippen molar-refractivity contribution < 1.29 is 120 Å². The molecule has 24 valence electrons. The van der Waals surface area contributed by atoms with Gasteiger partial charge in [-0.15, -0.1) is 0 Å². The monoisotopic (exact) mass is 508 g/mol. The molecule has 0 aromatic heterocycles. The molecule has 0 N–H and O–H groups in total. The van der Waals surface area contributed by atoms with Crippen molar-refractivity contribution in [1.82, 2.24) is 0 Å². The first kappa shape index (κ1) is 32.2. The predicted molar refractivity (Wildman–Crippen MR) is 5.75 cm³/mol. The van der Waals surface area contributed by atoms with Gasteiger partial charge in [0.15, 0.2) is 0 Å². The van der Waals surface area contributed by atoms with E-state index in [0.717, 1.165) is 0 Å². The Morgan fingerprint density at radius 2 is 0.600 bits per heavy atom. The fourth-order valence-corrected chi connectivity index (χ4v) is 0. The SMILES string of the molecule is [Ba+2].[Br-].[Br-].[Br-].[Cs+]. The summed E-state index contributed by atoms with van der Waals surface area (Å²) >= 11 is 0. The summed E-state index contributed by atoms with van der Waals surface area (Å²) in [5.41, 5.74) is 0. The van der Waals surface area contributed by atoms with E-state index >= 15 is 0 Å². The van der Waals surface area contributed by atoms with Gasteiger partial charge in [-0.25, -0.2) is 0 Å². The summed E-state index contributed by atoms with van der Waals surface area (Å²) in [7, 11) is 0. The van der Waals surface area contributed by atoms with Crippen molar-refractivity contribution in [3.05, 3.63) is 0 Å². The van der Waals surface area contributed by atoms with Gasteiger partial charge in [-0.3, -0.25) is 0 Å². The van der Waals surface area contributed by atoms with E-state index in [1.54, 1.807) is 0 Å². The second-order valence-electron chi connectivity index (χ2n) is 0. The van der Waals surface area contributed by atoms with Gasteiger partial charge in [-0.2, -0.15) is 0 Å². The summed E-state index contributed by atoms with van der Waals surface area (Å²) in [4.78, 5) is 0. The smallest absolute Gasteiger partial charge is 1.00 e. The van der Waals surface area contributed by atoms with Crippen molar-refractivity contribution >= 4 is 48.9 Å². The number of rotatable bonds is 0. The molecule has 0 radical (unpaired) electrons. The van der Waals surface area contributed by atoms with Crippen LogP contribution in [0.3, 0.4) is 0 Å². The average Bonchev–Trinajstić information content (AvgIpc) is 0. The van der Waals surface area contributed by atoms with Gasteiger partial charge >= 0.3 is 118 Å². The molecule has 0 saturated carbocycles.